The quantitative estimate of drug-likeness (QED) is 0.0529. The molecule has 0 saturated heterocycles. The van der Waals surface area contributed by atoms with Gasteiger partial charge in [-0.3, -0.25) is 5.04 Å². The van der Waals surface area contributed by atoms with Crippen LogP contribution in [0.1, 0.15) is 12.8 Å². The summed E-state index contributed by atoms with van der Waals surface area (Å²) in [6.45, 7) is -4.01. The molecule has 0 atom stereocenters. The third-order valence-corrected chi connectivity index (χ3v) is 5.08. The lowest BCUT2D eigenvalue weighted by Crippen LogP contribution is -2.56. The van der Waals surface area contributed by atoms with E-state index >= 15 is 0 Å². The van der Waals surface area contributed by atoms with Gasteiger partial charge in [0.25, 0.3) is 0 Å². The van der Waals surface area contributed by atoms with E-state index in [-0.39, 0.29) is 0 Å². The highest BCUT2D eigenvalue weighted by Gasteiger charge is 2.72. The maximum absolute atomic E-state index is 13.5. The second-order valence-corrected chi connectivity index (χ2v) is 8.74. The normalized spacial score (nSPS) is 15.6. The summed E-state index contributed by atoms with van der Waals surface area (Å²) >= 11 is -1.95. The zero-order valence-corrected chi connectivity index (χ0v) is 19.0. The minimum Gasteiger partial charge on any atom is -0.743 e. The molecular formula is C12H8F16O9S2-2. The summed E-state index contributed by atoms with van der Waals surface area (Å²) in [5.41, 5.74) is 0. The van der Waals surface area contributed by atoms with E-state index in [1.165, 1.54) is 0 Å². The summed E-state index contributed by atoms with van der Waals surface area (Å²) in [7, 11) is -7.47. The zero-order valence-electron chi connectivity index (χ0n) is 17.4. The summed E-state index contributed by atoms with van der Waals surface area (Å²) in [6.07, 6.45) is -32.0. The summed E-state index contributed by atoms with van der Waals surface area (Å²) in [6, 6.07) is 0. The highest BCUT2D eigenvalue weighted by atomic mass is 32.2. The van der Waals surface area contributed by atoms with Crippen LogP contribution in [0.5, 0.6) is 0 Å². The maximum Gasteiger partial charge on any atom is 0.438 e. The summed E-state index contributed by atoms with van der Waals surface area (Å²) in [4.78, 5) is 0. The van der Waals surface area contributed by atoms with Gasteiger partial charge in [-0.05, 0) is 0 Å². The number of alkyl halides is 16. The van der Waals surface area contributed by atoms with Gasteiger partial charge in [0.2, 0.25) is 0 Å². The fourth-order valence-electron chi connectivity index (χ4n) is 1.63. The summed E-state index contributed by atoms with van der Waals surface area (Å²) < 4.78 is 251. The van der Waals surface area contributed by atoms with Crippen LogP contribution >= 0.6 is 12.0 Å². The van der Waals surface area contributed by atoms with Gasteiger partial charge in [-0.25, -0.2) is 17.9 Å². The van der Waals surface area contributed by atoms with Crippen molar-refractivity contribution in [2.45, 2.75) is 59.6 Å². The zero-order chi connectivity index (χ0) is 31.6. The Bertz CT molecular complexity index is 914. The fraction of sp³-hybridized carbons (Fsp3) is 1.00. The molecule has 0 N–H and O–H groups in total. The standard InChI is InChI=1S/C12H10F16O9S2/c13-5(14,7(17,18)34-9(21,22)11(25,26)38-37-36-29)1-3-33-4-2-6(15,16)8(19,20)35-10(23,24)12(27,28)39(30,31)32/h29H,1-4H2,(H,30,31,32)/p-2. The highest BCUT2D eigenvalue weighted by molar-refractivity contribution is 7.95. The molecular weight excluding hydrogens is 656 g/mol. The van der Waals surface area contributed by atoms with Crippen LogP contribution < -0.4 is 5.26 Å². The van der Waals surface area contributed by atoms with Gasteiger partial charge < -0.3 is 14.5 Å². The van der Waals surface area contributed by atoms with E-state index in [1.54, 1.807) is 0 Å². The van der Waals surface area contributed by atoms with E-state index in [0.717, 1.165) is 0 Å². The second-order valence-electron chi connectivity index (χ2n) is 6.50. The smallest absolute Gasteiger partial charge is 0.438 e. The molecule has 0 aliphatic heterocycles. The molecule has 39 heavy (non-hydrogen) atoms. The lowest BCUT2D eigenvalue weighted by molar-refractivity contribution is -0.777. The van der Waals surface area contributed by atoms with Crippen LogP contribution in [0, 0.1) is 0 Å². The minimum atomic E-state index is -7.47. The average molecular weight is 664 g/mol. The molecule has 236 valence electrons. The van der Waals surface area contributed by atoms with Gasteiger partial charge in [0.15, 0.2) is 10.1 Å². The summed E-state index contributed by atoms with van der Waals surface area (Å²) in [5, 5.41) is -1.42. The molecule has 0 heterocycles. The average Bonchev–Trinajstić information content (AvgIpc) is 2.68. The third-order valence-electron chi connectivity index (χ3n) is 3.64. The topological polar surface area (TPSA) is 126 Å². The predicted octanol–water partition coefficient (Wildman–Crippen LogP) is 4.06. The molecule has 0 amide bonds. The van der Waals surface area contributed by atoms with Crippen LogP contribution in [-0.4, -0.2) is 73.0 Å². The van der Waals surface area contributed by atoms with Crippen molar-refractivity contribution in [3.05, 3.63) is 0 Å². The molecule has 0 saturated carbocycles. The van der Waals surface area contributed by atoms with Gasteiger partial charge >= 0.3 is 46.8 Å². The molecule has 27 heteroatoms. The van der Waals surface area contributed by atoms with Crippen LogP contribution in [0.3, 0.4) is 0 Å². The molecule has 0 aromatic rings. The molecule has 0 rings (SSSR count). The van der Waals surface area contributed by atoms with Crippen molar-refractivity contribution in [3.63, 3.8) is 0 Å². The number of ether oxygens (including phenoxy) is 3. The summed E-state index contributed by atoms with van der Waals surface area (Å²) in [5.74, 6) is -12.0. The Kier molecular flexibility index (Phi) is 11.7. The molecule has 0 bridgehead atoms. The van der Waals surface area contributed by atoms with E-state index in [1.807, 2.05) is 4.74 Å². The Morgan fingerprint density at radius 1 is 0.615 bits per heavy atom. The number of halogens is 16. The van der Waals surface area contributed by atoms with E-state index in [0.29, 0.717) is 0 Å². The maximum atomic E-state index is 13.5. The molecule has 0 aliphatic carbocycles. The first kappa shape index (κ1) is 37.9. The number of hydrogen-bond donors (Lipinski definition) is 0. The van der Waals surface area contributed by atoms with Gasteiger partial charge in [0.1, 0.15) is 12.0 Å². The largest absolute Gasteiger partial charge is 0.743 e. The molecule has 0 aromatic carbocycles. The first-order valence-corrected chi connectivity index (χ1v) is 10.7. The molecule has 0 aromatic heterocycles. The van der Waals surface area contributed by atoms with E-state index in [2.05, 4.69) is 18.8 Å². The number of rotatable bonds is 18. The van der Waals surface area contributed by atoms with Crippen molar-refractivity contribution >= 4 is 22.2 Å². The first-order valence-electron chi connectivity index (χ1n) is 8.53. The molecule has 0 radical (unpaired) electrons. The fourth-order valence-corrected chi connectivity index (χ4v) is 2.22. The Labute approximate surface area is 208 Å². The van der Waals surface area contributed by atoms with Gasteiger partial charge in [-0.15, -0.1) is 0 Å². The molecule has 0 unspecified atom stereocenters. The van der Waals surface area contributed by atoms with E-state index in [9.17, 15) is 88.5 Å². The lowest BCUT2D eigenvalue weighted by Gasteiger charge is -2.33. The van der Waals surface area contributed by atoms with Crippen molar-refractivity contribution in [3.8, 4) is 0 Å². The van der Waals surface area contributed by atoms with E-state index in [4.69, 9.17) is 0 Å². The first-order chi connectivity index (χ1) is 16.9. The Morgan fingerprint density at radius 2 is 0.974 bits per heavy atom. The third kappa shape index (κ3) is 8.94. The van der Waals surface area contributed by atoms with Crippen LogP contribution in [0.15, 0.2) is 0 Å². The SMILES string of the molecule is O=S(=O)([O-])C(F)(F)C(F)(F)OC(F)(F)C(F)(F)CCOCCC(F)(F)C(F)(F)OC(F)(F)C(F)(F)SOO[O-]. The van der Waals surface area contributed by atoms with Crippen LogP contribution in [-0.2, 0) is 33.7 Å². The molecule has 9 nitrogen and oxygen atoms in total. The molecule has 0 aliphatic rings. The Hall–Kier alpha value is -1.10. The van der Waals surface area contributed by atoms with Crippen LogP contribution in [0.4, 0.5) is 70.2 Å². The van der Waals surface area contributed by atoms with Gasteiger partial charge in [0, 0.05) is 12.8 Å². The lowest BCUT2D eigenvalue weighted by atomic mass is 10.2. The van der Waals surface area contributed by atoms with Crippen LogP contribution in [0.25, 0.3) is 0 Å². The number of hydrogen-bond acceptors (Lipinski definition) is 10. The van der Waals surface area contributed by atoms with Gasteiger partial charge in [-0.1, -0.05) is 0 Å². The van der Waals surface area contributed by atoms with Crippen molar-refractivity contribution in [2.75, 3.05) is 13.2 Å². The highest BCUT2D eigenvalue weighted by Crippen LogP contribution is 2.50. The van der Waals surface area contributed by atoms with Gasteiger partial charge in [0.05, 0.1) is 13.2 Å². The minimum absolute atomic E-state index is 1.83. The van der Waals surface area contributed by atoms with Crippen LogP contribution in [0.2, 0.25) is 0 Å². The molecule has 0 spiro atoms. The monoisotopic (exact) mass is 664 g/mol. The van der Waals surface area contributed by atoms with Crippen molar-refractivity contribution in [1.82, 2.24) is 0 Å². The van der Waals surface area contributed by atoms with Gasteiger partial charge in [-0.2, -0.15) is 74.6 Å². The van der Waals surface area contributed by atoms with Crippen molar-refractivity contribution in [1.29, 1.82) is 0 Å². The second kappa shape index (κ2) is 12.0. The van der Waals surface area contributed by atoms with E-state index < -0.39 is 95.0 Å². The van der Waals surface area contributed by atoms with Crippen molar-refractivity contribution in [2.24, 2.45) is 0 Å². The molecule has 0 fully saturated rings. The van der Waals surface area contributed by atoms with Crippen molar-refractivity contribution < 1.29 is 112 Å². The Balaban J connectivity index is 5.19. The Morgan fingerprint density at radius 3 is 1.31 bits per heavy atom. The predicted molar refractivity (Wildman–Crippen MR) is 81.3 cm³/mol.